The first-order chi connectivity index (χ1) is 8.02. The van der Waals surface area contributed by atoms with Crippen LogP contribution >= 0.6 is 15.9 Å². The molecule has 0 aliphatic rings. The predicted octanol–water partition coefficient (Wildman–Crippen LogP) is 3.77. The third-order valence-corrected chi connectivity index (χ3v) is 3.64. The number of hydrogen-bond acceptors (Lipinski definition) is 2. The third kappa shape index (κ3) is 3.00. The van der Waals surface area contributed by atoms with Gasteiger partial charge in [0.15, 0.2) is 0 Å². The smallest absolute Gasteiger partial charge is 0.338 e. The van der Waals surface area contributed by atoms with E-state index < -0.39 is 5.97 Å². The van der Waals surface area contributed by atoms with Crippen molar-refractivity contribution < 1.29 is 9.90 Å². The van der Waals surface area contributed by atoms with Gasteiger partial charge in [-0.2, -0.15) is 0 Å². The van der Waals surface area contributed by atoms with Crippen molar-refractivity contribution >= 4 is 27.6 Å². The third-order valence-electron chi connectivity index (χ3n) is 2.98. The number of carbonyl (C=O) groups is 1. The molecule has 0 saturated carbocycles. The average molecular weight is 300 g/mol. The van der Waals surface area contributed by atoms with Crippen LogP contribution in [-0.4, -0.2) is 23.7 Å². The van der Waals surface area contributed by atoms with Gasteiger partial charge < -0.3 is 10.0 Å². The van der Waals surface area contributed by atoms with E-state index in [1.807, 2.05) is 19.1 Å². The molecule has 1 unspecified atom stereocenters. The molecule has 94 valence electrons. The Hall–Kier alpha value is -1.03. The van der Waals surface area contributed by atoms with E-state index in [0.29, 0.717) is 16.1 Å². The molecule has 0 heterocycles. The fraction of sp³-hybridized carbons (Fsp3) is 0.462. The molecule has 3 nitrogen and oxygen atoms in total. The number of benzene rings is 1. The second-order valence-corrected chi connectivity index (χ2v) is 4.84. The van der Waals surface area contributed by atoms with Crippen LogP contribution in [0.3, 0.4) is 0 Å². The van der Waals surface area contributed by atoms with E-state index in [1.54, 1.807) is 6.07 Å². The summed E-state index contributed by atoms with van der Waals surface area (Å²) in [6.45, 7) is 7.05. The molecule has 0 amide bonds. The summed E-state index contributed by atoms with van der Waals surface area (Å²) in [5.41, 5.74) is 1.12. The van der Waals surface area contributed by atoms with Crippen LogP contribution in [0, 0.1) is 0 Å². The van der Waals surface area contributed by atoms with Crippen LogP contribution in [0.4, 0.5) is 5.69 Å². The number of rotatable bonds is 5. The zero-order valence-electron chi connectivity index (χ0n) is 10.4. The zero-order chi connectivity index (χ0) is 13.0. The molecule has 0 fully saturated rings. The maximum absolute atomic E-state index is 11.3. The summed E-state index contributed by atoms with van der Waals surface area (Å²) in [5, 5.41) is 9.29. The standard InChI is InChI=1S/C13H18BrNO2/c1-4-9(3)15(5-2)11-8-6-7-10(14)12(11)13(16)17/h6-9H,4-5H2,1-3H3,(H,16,17). The summed E-state index contributed by atoms with van der Waals surface area (Å²) in [6.07, 6.45) is 0.986. The van der Waals surface area contributed by atoms with Crippen LogP contribution in [0.2, 0.25) is 0 Å². The Morgan fingerprint density at radius 1 is 1.47 bits per heavy atom. The zero-order valence-corrected chi connectivity index (χ0v) is 12.0. The Morgan fingerprint density at radius 2 is 2.12 bits per heavy atom. The van der Waals surface area contributed by atoms with Gasteiger partial charge in [0.05, 0.1) is 11.3 Å². The van der Waals surface area contributed by atoms with Gasteiger partial charge in [-0.1, -0.05) is 13.0 Å². The molecular formula is C13H18BrNO2. The molecule has 1 atom stereocenters. The van der Waals surface area contributed by atoms with Gasteiger partial charge in [0.25, 0.3) is 0 Å². The van der Waals surface area contributed by atoms with Crippen molar-refractivity contribution in [1.82, 2.24) is 0 Å². The van der Waals surface area contributed by atoms with Crippen molar-refractivity contribution in [1.29, 1.82) is 0 Å². The maximum atomic E-state index is 11.3. The molecule has 0 aliphatic carbocycles. The largest absolute Gasteiger partial charge is 0.478 e. The minimum Gasteiger partial charge on any atom is -0.478 e. The first-order valence-corrected chi connectivity index (χ1v) is 6.60. The quantitative estimate of drug-likeness (QED) is 0.900. The number of aromatic carboxylic acids is 1. The van der Waals surface area contributed by atoms with Gasteiger partial charge in [-0.3, -0.25) is 0 Å². The molecule has 4 heteroatoms. The van der Waals surface area contributed by atoms with E-state index in [1.165, 1.54) is 0 Å². The van der Waals surface area contributed by atoms with Gasteiger partial charge in [-0.25, -0.2) is 4.79 Å². The fourth-order valence-corrected chi connectivity index (χ4v) is 2.43. The molecule has 0 aliphatic heterocycles. The van der Waals surface area contributed by atoms with E-state index >= 15 is 0 Å². The van der Waals surface area contributed by atoms with E-state index in [2.05, 4.69) is 34.7 Å². The second-order valence-electron chi connectivity index (χ2n) is 3.98. The van der Waals surface area contributed by atoms with Crippen molar-refractivity contribution in [2.24, 2.45) is 0 Å². The van der Waals surface area contributed by atoms with Crippen LogP contribution in [0.25, 0.3) is 0 Å². The van der Waals surface area contributed by atoms with E-state index in [4.69, 9.17) is 0 Å². The van der Waals surface area contributed by atoms with Crippen molar-refractivity contribution in [2.75, 3.05) is 11.4 Å². The van der Waals surface area contributed by atoms with Crippen LogP contribution < -0.4 is 4.90 Å². The summed E-state index contributed by atoms with van der Waals surface area (Å²) in [6, 6.07) is 5.82. The first-order valence-electron chi connectivity index (χ1n) is 5.81. The average Bonchev–Trinajstić information content (AvgIpc) is 2.29. The molecule has 0 spiro atoms. The van der Waals surface area contributed by atoms with Gasteiger partial charge in [0.2, 0.25) is 0 Å². The molecular weight excluding hydrogens is 282 g/mol. The lowest BCUT2D eigenvalue weighted by Gasteiger charge is -2.30. The van der Waals surface area contributed by atoms with Crippen molar-refractivity contribution in [2.45, 2.75) is 33.2 Å². The highest BCUT2D eigenvalue weighted by molar-refractivity contribution is 9.10. The summed E-state index contributed by atoms with van der Waals surface area (Å²) < 4.78 is 0.629. The van der Waals surface area contributed by atoms with E-state index in [9.17, 15) is 9.90 Å². The topological polar surface area (TPSA) is 40.5 Å². The van der Waals surface area contributed by atoms with Crippen LogP contribution in [0.5, 0.6) is 0 Å². The van der Waals surface area contributed by atoms with Crippen LogP contribution in [0.15, 0.2) is 22.7 Å². The molecule has 0 saturated heterocycles. The van der Waals surface area contributed by atoms with Gasteiger partial charge in [-0.15, -0.1) is 0 Å². The Labute approximate surface area is 111 Å². The molecule has 1 aromatic rings. The number of halogens is 1. The molecule has 1 aromatic carbocycles. The number of carboxylic acids is 1. The highest BCUT2D eigenvalue weighted by Crippen LogP contribution is 2.29. The summed E-state index contributed by atoms with van der Waals surface area (Å²) in [5.74, 6) is -0.894. The Kier molecular flexibility index (Phi) is 5.00. The lowest BCUT2D eigenvalue weighted by Crippen LogP contribution is -2.33. The number of hydrogen-bond donors (Lipinski definition) is 1. The van der Waals surface area contributed by atoms with Gasteiger partial charge in [-0.05, 0) is 48.3 Å². The highest BCUT2D eigenvalue weighted by atomic mass is 79.9. The Morgan fingerprint density at radius 3 is 2.59 bits per heavy atom. The lowest BCUT2D eigenvalue weighted by atomic mass is 10.1. The van der Waals surface area contributed by atoms with Crippen molar-refractivity contribution in [3.8, 4) is 0 Å². The Bertz CT molecular complexity index is 406. The highest BCUT2D eigenvalue weighted by Gasteiger charge is 2.20. The fourth-order valence-electron chi connectivity index (χ4n) is 1.90. The lowest BCUT2D eigenvalue weighted by molar-refractivity contribution is 0.0696. The Balaban J connectivity index is 3.28. The molecule has 0 aromatic heterocycles. The summed E-state index contributed by atoms with van der Waals surface area (Å²) in [4.78, 5) is 13.4. The molecule has 0 bridgehead atoms. The van der Waals surface area contributed by atoms with Gasteiger partial charge in [0, 0.05) is 17.1 Å². The molecule has 0 radical (unpaired) electrons. The first kappa shape index (κ1) is 14.0. The van der Waals surface area contributed by atoms with Crippen molar-refractivity contribution in [3.63, 3.8) is 0 Å². The van der Waals surface area contributed by atoms with Crippen LogP contribution in [0.1, 0.15) is 37.6 Å². The number of nitrogens with zero attached hydrogens (tertiary/aromatic N) is 1. The number of carboxylic acid groups (broad SMARTS) is 1. The summed E-state index contributed by atoms with van der Waals surface area (Å²) >= 11 is 3.31. The number of anilines is 1. The van der Waals surface area contributed by atoms with Gasteiger partial charge in [0.1, 0.15) is 0 Å². The van der Waals surface area contributed by atoms with Gasteiger partial charge >= 0.3 is 5.97 Å². The molecule has 17 heavy (non-hydrogen) atoms. The normalized spacial score (nSPS) is 12.2. The monoisotopic (exact) mass is 299 g/mol. The minimum atomic E-state index is -0.894. The molecule has 1 N–H and O–H groups in total. The predicted molar refractivity (Wildman–Crippen MR) is 73.9 cm³/mol. The molecule has 1 rings (SSSR count). The minimum absolute atomic E-state index is 0.326. The maximum Gasteiger partial charge on any atom is 0.338 e. The van der Waals surface area contributed by atoms with Crippen LogP contribution in [-0.2, 0) is 0 Å². The van der Waals surface area contributed by atoms with E-state index in [0.717, 1.165) is 18.7 Å². The van der Waals surface area contributed by atoms with E-state index in [-0.39, 0.29) is 0 Å². The SMILES string of the molecule is CCC(C)N(CC)c1cccc(Br)c1C(=O)O. The second kappa shape index (κ2) is 6.05. The van der Waals surface area contributed by atoms with Crippen molar-refractivity contribution in [3.05, 3.63) is 28.2 Å². The summed E-state index contributed by atoms with van der Waals surface area (Å²) in [7, 11) is 0.